The van der Waals surface area contributed by atoms with Gasteiger partial charge in [-0.05, 0) is 49.8 Å². The van der Waals surface area contributed by atoms with Crippen molar-refractivity contribution in [3.05, 3.63) is 70.8 Å². The summed E-state index contributed by atoms with van der Waals surface area (Å²) in [4.78, 5) is 43.1. The Hall–Kier alpha value is -3.16. The maximum Gasteiger partial charge on any atom is 0.416 e. The van der Waals surface area contributed by atoms with Gasteiger partial charge in [0.15, 0.2) is 0 Å². The van der Waals surface area contributed by atoms with Crippen LogP contribution in [0.2, 0.25) is 0 Å². The predicted octanol–water partition coefficient (Wildman–Crippen LogP) is 4.97. The Morgan fingerprint density at radius 2 is 1.81 bits per heavy atom. The van der Waals surface area contributed by atoms with Crippen molar-refractivity contribution in [3.8, 4) is 0 Å². The number of carbonyl (C=O) groups is 3. The Labute approximate surface area is 208 Å². The number of likely N-dealkylation sites (tertiary alicyclic amines) is 2. The van der Waals surface area contributed by atoms with Gasteiger partial charge in [-0.2, -0.15) is 13.2 Å². The molecule has 2 aromatic carbocycles. The predicted molar refractivity (Wildman–Crippen MR) is 127 cm³/mol. The topological polar surface area (TPSA) is 57.7 Å². The molecule has 2 aliphatic heterocycles. The average Bonchev–Trinajstić information content (AvgIpc) is 3.64. The van der Waals surface area contributed by atoms with Crippen LogP contribution in [-0.4, -0.2) is 46.7 Å². The van der Waals surface area contributed by atoms with E-state index in [-0.39, 0.29) is 36.3 Å². The first-order chi connectivity index (χ1) is 17.1. The van der Waals surface area contributed by atoms with Gasteiger partial charge in [0.1, 0.15) is 0 Å². The summed E-state index contributed by atoms with van der Waals surface area (Å²) >= 11 is 0. The molecule has 0 spiro atoms. The van der Waals surface area contributed by atoms with Crippen LogP contribution in [0.5, 0.6) is 0 Å². The second kappa shape index (κ2) is 9.05. The first-order valence-corrected chi connectivity index (χ1v) is 12.5. The summed E-state index contributed by atoms with van der Waals surface area (Å²) in [6.07, 6.45) is -2.10. The van der Waals surface area contributed by atoms with Gasteiger partial charge in [-0.15, -0.1) is 0 Å². The van der Waals surface area contributed by atoms with E-state index >= 15 is 0 Å². The van der Waals surface area contributed by atoms with E-state index in [0.717, 1.165) is 36.1 Å². The molecular weight excluding hydrogens is 469 g/mol. The van der Waals surface area contributed by atoms with Crippen molar-refractivity contribution >= 4 is 17.7 Å². The smallest absolute Gasteiger partial charge is 0.342 e. The minimum absolute atomic E-state index is 0.0828. The Kier molecular flexibility index (Phi) is 6.17. The zero-order valence-electron chi connectivity index (χ0n) is 20.2. The molecule has 1 aliphatic carbocycles. The second-order valence-corrected chi connectivity index (χ2v) is 10.4. The summed E-state index contributed by atoms with van der Waals surface area (Å²) < 4.78 is 40.6. The largest absolute Gasteiger partial charge is 0.416 e. The van der Waals surface area contributed by atoms with Crippen LogP contribution in [0.3, 0.4) is 0 Å². The molecule has 36 heavy (non-hydrogen) atoms. The number of piperidine rings is 1. The van der Waals surface area contributed by atoms with E-state index in [4.69, 9.17) is 0 Å². The molecule has 2 saturated heterocycles. The van der Waals surface area contributed by atoms with Crippen molar-refractivity contribution < 1.29 is 27.6 Å². The van der Waals surface area contributed by atoms with Gasteiger partial charge in [-0.1, -0.05) is 48.0 Å². The molecule has 1 saturated carbocycles. The summed E-state index contributed by atoms with van der Waals surface area (Å²) in [6, 6.07) is 12.5. The second-order valence-electron chi connectivity index (χ2n) is 10.4. The number of halogens is 3. The molecular formula is C28H29F3N2O3. The summed E-state index contributed by atoms with van der Waals surface area (Å²) in [5, 5.41) is 0. The number of alkyl halides is 3. The van der Waals surface area contributed by atoms with Crippen molar-refractivity contribution in [1.82, 2.24) is 9.80 Å². The molecule has 3 fully saturated rings. The summed E-state index contributed by atoms with van der Waals surface area (Å²) in [5.74, 6) is -1.11. The van der Waals surface area contributed by atoms with Crippen LogP contribution in [0.4, 0.5) is 13.2 Å². The zero-order valence-corrected chi connectivity index (χ0v) is 20.2. The number of imide groups is 1. The van der Waals surface area contributed by atoms with Crippen LogP contribution in [0.1, 0.15) is 66.7 Å². The van der Waals surface area contributed by atoms with Gasteiger partial charge in [0.25, 0.3) is 0 Å². The van der Waals surface area contributed by atoms with E-state index in [2.05, 4.69) is 6.07 Å². The Balaban J connectivity index is 1.45. The monoisotopic (exact) mass is 498 g/mol. The van der Waals surface area contributed by atoms with E-state index in [1.54, 1.807) is 4.90 Å². The third kappa shape index (κ3) is 4.53. The van der Waals surface area contributed by atoms with Gasteiger partial charge in [0, 0.05) is 37.9 Å². The fourth-order valence-electron chi connectivity index (χ4n) is 5.69. The third-order valence-corrected chi connectivity index (χ3v) is 7.75. The SMILES string of the molecule is Cc1cccc([C@@H]2CCCN(C(=O)C[C@@]3(c4cccc(C(F)(F)F)c4)CC(=O)N(C4CC4)C3=O)C2)c1. The molecule has 2 aromatic rings. The highest BCUT2D eigenvalue weighted by atomic mass is 19.4. The Morgan fingerprint density at radius 3 is 2.50 bits per heavy atom. The summed E-state index contributed by atoms with van der Waals surface area (Å²) in [7, 11) is 0. The molecule has 0 N–H and O–H groups in total. The molecule has 0 unspecified atom stereocenters. The molecule has 3 amide bonds. The first kappa shape index (κ1) is 24.5. The number of hydrogen-bond acceptors (Lipinski definition) is 3. The molecule has 190 valence electrons. The lowest BCUT2D eigenvalue weighted by molar-refractivity contribution is -0.143. The Bertz CT molecular complexity index is 1210. The van der Waals surface area contributed by atoms with E-state index in [1.165, 1.54) is 17.0 Å². The first-order valence-electron chi connectivity index (χ1n) is 12.5. The van der Waals surface area contributed by atoms with Crippen molar-refractivity contribution in [2.45, 2.75) is 69.0 Å². The van der Waals surface area contributed by atoms with Crippen LogP contribution in [0, 0.1) is 6.92 Å². The molecule has 0 aromatic heterocycles. The number of aryl methyl sites for hydroxylation is 1. The number of nitrogens with zero attached hydrogens (tertiary/aromatic N) is 2. The van der Waals surface area contributed by atoms with Crippen molar-refractivity contribution in [3.63, 3.8) is 0 Å². The van der Waals surface area contributed by atoms with Crippen LogP contribution in [0.15, 0.2) is 48.5 Å². The number of carbonyl (C=O) groups excluding carboxylic acids is 3. The quantitative estimate of drug-likeness (QED) is 0.547. The molecule has 5 rings (SSSR count). The Morgan fingerprint density at radius 1 is 1.06 bits per heavy atom. The summed E-state index contributed by atoms with van der Waals surface area (Å²) in [6.45, 7) is 3.02. The standard InChI is InChI=1S/C28H29F3N2O3/c1-18-5-2-6-19(13-18)20-7-4-12-32(17-20)24(34)15-27(16-25(35)33(26(27)36)23-10-11-23)21-8-3-9-22(14-21)28(29,30)31/h2-3,5-6,8-9,13-14,20,23H,4,7,10-12,15-17H2,1H3/t20-,27+/m1/s1. The molecule has 2 atom stereocenters. The molecule has 0 bridgehead atoms. The lowest BCUT2D eigenvalue weighted by atomic mass is 9.75. The molecule has 8 heteroatoms. The fraction of sp³-hybridized carbons (Fsp3) is 0.464. The highest BCUT2D eigenvalue weighted by molar-refractivity contribution is 6.11. The average molecular weight is 499 g/mol. The lowest BCUT2D eigenvalue weighted by Gasteiger charge is -2.36. The van der Waals surface area contributed by atoms with E-state index in [1.807, 2.05) is 25.1 Å². The van der Waals surface area contributed by atoms with E-state index < -0.39 is 29.0 Å². The molecule has 5 nitrogen and oxygen atoms in total. The number of benzene rings is 2. The third-order valence-electron chi connectivity index (χ3n) is 7.75. The van der Waals surface area contributed by atoms with Crippen molar-refractivity contribution in [2.24, 2.45) is 0 Å². The van der Waals surface area contributed by atoms with Gasteiger partial charge < -0.3 is 4.90 Å². The maximum atomic E-state index is 13.7. The fourth-order valence-corrected chi connectivity index (χ4v) is 5.69. The minimum atomic E-state index is -4.60. The molecule has 2 heterocycles. The van der Waals surface area contributed by atoms with Crippen LogP contribution >= 0.6 is 0 Å². The van der Waals surface area contributed by atoms with E-state index in [9.17, 15) is 27.6 Å². The van der Waals surface area contributed by atoms with Crippen LogP contribution < -0.4 is 0 Å². The van der Waals surface area contributed by atoms with Gasteiger partial charge in [-0.3, -0.25) is 19.3 Å². The van der Waals surface area contributed by atoms with Crippen molar-refractivity contribution in [1.29, 1.82) is 0 Å². The molecule has 0 radical (unpaired) electrons. The van der Waals surface area contributed by atoms with Gasteiger partial charge in [0.05, 0.1) is 11.0 Å². The van der Waals surface area contributed by atoms with Gasteiger partial charge >= 0.3 is 6.18 Å². The number of amides is 3. The highest BCUT2D eigenvalue weighted by Gasteiger charge is 2.57. The van der Waals surface area contributed by atoms with E-state index in [0.29, 0.717) is 25.9 Å². The van der Waals surface area contributed by atoms with Crippen molar-refractivity contribution in [2.75, 3.05) is 13.1 Å². The number of hydrogen-bond donors (Lipinski definition) is 0. The summed E-state index contributed by atoms with van der Waals surface area (Å²) in [5.41, 5.74) is -0.149. The normalized spacial score (nSPS) is 24.9. The van der Waals surface area contributed by atoms with Crippen LogP contribution in [0.25, 0.3) is 0 Å². The van der Waals surface area contributed by atoms with Gasteiger partial charge in [0.2, 0.25) is 17.7 Å². The molecule has 3 aliphatic rings. The lowest BCUT2D eigenvalue weighted by Crippen LogP contribution is -2.46. The number of rotatable bonds is 5. The van der Waals surface area contributed by atoms with Crippen LogP contribution in [-0.2, 0) is 26.0 Å². The highest BCUT2D eigenvalue weighted by Crippen LogP contribution is 2.46. The zero-order chi connectivity index (χ0) is 25.7. The minimum Gasteiger partial charge on any atom is -0.342 e. The van der Waals surface area contributed by atoms with Gasteiger partial charge in [-0.25, -0.2) is 0 Å². The maximum absolute atomic E-state index is 13.7.